The predicted molar refractivity (Wildman–Crippen MR) is 135 cm³/mol. The average molecular weight is 492 g/mol. The molecular weight excluding hydrogens is 462 g/mol. The minimum absolute atomic E-state index is 0.0190. The lowest BCUT2D eigenvalue weighted by Crippen LogP contribution is -2.32. The van der Waals surface area contributed by atoms with E-state index in [1.807, 2.05) is 37.3 Å². The Hall–Kier alpha value is -3.39. The maximum atomic E-state index is 13.2. The van der Waals surface area contributed by atoms with Crippen LogP contribution in [0.25, 0.3) is 0 Å². The highest BCUT2D eigenvalue weighted by molar-refractivity contribution is 7.92. The molecule has 1 atom stereocenters. The Labute approximate surface area is 205 Å². The van der Waals surface area contributed by atoms with Crippen LogP contribution in [-0.4, -0.2) is 36.8 Å². The number of nitrogens with zero attached hydrogens (tertiary/aromatic N) is 2. The molecule has 5 rings (SSSR count). The molecule has 1 fully saturated rings. The molecular formula is C27H29N3O4S. The van der Waals surface area contributed by atoms with E-state index in [1.54, 1.807) is 36.6 Å². The number of carbonyl (C=O) groups is 1. The van der Waals surface area contributed by atoms with Crippen LogP contribution in [-0.2, 0) is 14.6 Å². The smallest absolute Gasteiger partial charge is 0.262 e. The third kappa shape index (κ3) is 4.89. The fourth-order valence-electron chi connectivity index (χ4n) is 4.80. The Morgan fingerprint density at radius 1 is 1.09 bits per heavy atom. The highest BCUT2D eigenvalue weighted by atomic mass is 32.2. The third-order valence-corrected chi connectivity index (χ3v) is 9.03. The molecule has 0 radical (unpaired) electrons. The third-order valence-electron chi connectivity index (χ3n) is 6.77. The second kappa shape index (κ2) is 9.70. The van der Waals surface area contributed by atoms with Gasteiger partial charge < -0.3 is 9.73 Å². The van der Waals surface area contributed by atoms with E-state index in [2.05, 4.69) is 10.4 Å². The van der Waals surface area contributed by atoms with Crippen LogP contribution in [0.15, 0.2) is 81.3 Å². The summed E-state index contributed by atoms with van der Waals surface area (Å²) in [7, 11) is -3.36. The largest absolute Gasteiger partial charge is 0.467 e. The summed E-state index contributed by atoms with van der Waals surface area (Å²) in [6.07, 6.45) is 5.47. The van der Waals surface area contributed by atoms with Gasteiger partial charge in [0.2, 0.25) is 0 Å². The molecule has 2 aliphatic rings. The number of aryl methyl sites for hydroxylation is 1. The van der Waals surface area contributed by atoms with E-state index >= 15 is 0 Å². The Kier molecular flexibility index (Phi) is 6.47. The van der Waals surface area contributed by atoms with Gasteiger partial charge in [-0.3, -0.25) is 4.79 Å². The van der Waals surface area contributed by atoms with Gasteiger partial charge in [0.15, 0.2) is 9.84 Å². The lowest BCUT2D eigenvalue weighted by molar-refractivity contribution is -0.131. The van der Waals surface area contributed by atoms with E-state index in [1.165, 1.54) is 5.01 Å². The van der Waals surface area contributed by atoms with Gasteiger partial charge in [0, 0.05) is 12.1 Å². The van der Waals surface area contributed by atoms with Gasteiger partial charge in [-0.2, -0.15) is 5.10 Å². The highest BCUT2D eigenvalue weighted by Crippen LogP contribution is 2.34. The van der Waals surface area contributed by atoms with Gasteiger partial charge in [0.05, 0.1) is 28.7 Å². The molecule has 1 aromatic heterocycles. The van der Waals surface area contributed by atoms with Crippen molar-refractivity contribution in [3.05, 3.63) is 83.8 Å². The van der Waals surface area contributed by atoms with Crippen molar-refractivity contribution < 1.29 is 17.6 Å². The fourth-order valence-corrected chi connectivity index (χ4v) is 6.69. The second-order valence-corrected chi connectivity index (χ2v) is 11.4. The maximum absolute atomic E-state index is 13.2. The normalized spacial score (nSPS) is 18.6. The Bertz CT molecular complexity index is 1330. The number of anilines is 1. The van der Waals surface area contributed by atoms with Crippen LogP contribution in [0.2, 0.25) is 0 Å². The number of hydrogen-bond acceptors (Lipinski definition) is 6. The molecule has 8 heteroatoms. The summed E-state index contributed by atoms with van der Waals surface area (Å²) in [6, 6.07) is 18.1. The quantitative estimate of drug-likeness (QED) is 0.497. The van der Waals surface area contributed by atoms with Crippen molar-refractivity contribution >= 4 is 27.1 Å². The van der Waals surface area contributed by atoms with Gasteiger partial charge >= 0.3 is 0 Å². The number of carbonyl (C=O) groups excluding carboxylic acids is 1. The van der Waals surface area contributed by atoms with E-state index in [-0.39, 0.29) is 23.7 Å². The van der Waals surface area contributed by atoms with Gasteiger partial charge in [0.25, 0.3) is 5.91 Å². The first-order valence-electron chi connectivity index (χ1n) is 12.0. The van der Waals surface area contributed by atoms with Gasteiger partial charge in [-0.15, -0.1) is 0 Å². The van der Waals surface area contributed by atoms with Crippen LogP contribution in [0.1, 0.15) is 55.0 Å². The molecule has 1 saturated carbocycles. The first-order valence-corrected chi connectivity index (χ1v) is 13.5. The zero-order chi connectivity index (χ0) is 24.4. The molecule has 1 unspecified atom stereocenters. The predicted octanol–water partition coefficient (Wildman–Crippen LogP) is 5.09. The molecule has 182 valence electrons. The highest BCUT2D eigenvalue weighted by Gasteiger charge is 2.35. The van der Waals surface area contributed by atoms with Crippen molar-refractivity contribution in [3.63, 3.8) is 0 Å². The van der Waals surface area contributed by atoms with Crippen LogP contribution in [0, 0.1) is 6.92 Å². The van der Waals surface area contributed by atoms with E-state index in [0.717, 1.165) is 29.7 Å². The van der Waals surface area contributed by atoms with Crippen molar-refractivity contribution in [1.82, 2.24) is 5.01 Å². The van der Waals surface area contributed by atoms with Crippen LogP contribution in [0.4, 0.5) is 5.69 Å². The molecule has 2 aromatic carbocycles. The zero-order valence-corrected chi connectivity index (χ0v) is 20.5. The average Bonchev–Trinajstić information content (AvgIpc) is 3.64. The van der Waals surface area contributed by atoms with Crippen molar-refractivity contribution in [1.29, 1.82) is 0 Å². The summed E-state index contributed by atoms with van der Waals surface area (Å²) >= 11 is 0. The van der Waals surface area contributed by atoms with Crippen LogP contribution in [0.5, 0.6) is 0 Å². The molecule has 3 aromatic rings. The number of sulfone groups is 1. The topological polar surface area (TPSA) is 92.0 Å². The Balaban J connectivity index is 1.33. The number of nitrogens with one attached hydrogen (secondary N) is 1. The van der Waals surface area contributed by atoms with Gasteiger partial charge in [-0.05, 0) is 55.7 Å². The van der Waals surface area contributed by atoms with Gasteiger partial charge in [-0.25, -0.2) is 13.4 Å². The summed E-state index contributed by atoms with van der Waals surface area (Å²) in [5.41, 5.74) is 3.54. The van der Waals surface area contributed by atoms with Crippen LogP contribution >= 0.6 is 0 Å². The van der Waals surface area contributed by atoms with Crippen LogP contribution in [0.3, 0.4) is 0 Å². The van der Waals surface area contributed by atoms with Crippen LogP contribution < -0.4 is 5.32 Å². The molecule has 1 aliphatic carbocycles. The molecule has 2 heterocycles. The van der Waals surface area contributed by atoms with E-state index in [9.17, 15) is 13.2 Å². The standard InChI is InChI=1S/C27H29N3O4S/c1-19-11-13-20(14-12-19)24-17-25(26-10-5-15-34-26)30(29-24)27(31)18-28-21-6-4-9-23(16-21)35(32,33)22-7-2-3-8-22/h4-6,9-16,22,25,28H,2-3,7-8,17-18H2,1H3. The van der Waals surface area contributed by atoms with E-state index in [0.29, 0.717) is 35.6 Å². The molecule has 1 aliphatic heterocycles. The molecule has 35 heavy (non-hydrogen) atoms. The maximum Gasteiger partial charge on any atom is 0.262 e. The van der Waals surface area contributed by atoms with E-state index in [4.69, 9.17) is 4.42 Å². The zero-order valence-electron chi connectivity index (χ0n) is 19.7. The minimum Gasteiger partial charge on any atom is -0.467 e. The monoisotopic (exact) mass is 491 g/mol. The molecule has 0 saturated heterocycles. The molecule has 7 nitrogen and oxygen atoms in total. The van der Waals surface area contributed by atoms with E-state index < -0.39 is 9.84 Å². The summed E-state index contributed by atoms with van der Waals surface area (Å²) in [6.45, 7) is 2.01. The minimum atomic E-state index is -3.36. The summed E-state index contributed by atoms with van der Waals surface area (Å²) in [5, 5.41) is 8.91. The second-order valence-electron chi connectivity index (χ2n) is 9.22. The lowest BCUT2D eigenvalue weighted by Gasteiger charge is -2.20. The number of hydrazone groups is 1. The first kappa shape index (κ1) is 23.4. The lowest BCUT2D eigenvalue weighted by atomic mass is 10.0. The SMILES string of the molecule is Cc1ccc(C2=NN(C(=O)CNc3cccc(S(=O)(=O)C4CCCC4)c3)C(c3ccco3)C2)cc1. The molecule has 0 spiro atoms. The summed E-state index contributed by atoms with van der Waals surface area (Å²) < 4.78 is 31.5. The number of hydrogen-bond donors (Lipinski definition) is 1. The number of amides is 1. The fraction of sp³-hybridized carbons (Fsp3) is 0.333. The number of rotatable bonds is 7. The van der Waals surface area contributed by atoms with Crippen molar-refractivity contribution in [2.75, 3.05) is 11.9 Å². The van der Waals surface area contributed by atoms with Crippen molar-refractivity contribution in [2.45, 2.75) is 55.2 Å². The number of furan rings is 1. The molecule has 0 bridgehead atoms. The summed E-state index contributed by atoms with van der Waals surface area (Å²) in [5.74, 6) is 0.450. The Morgan fingerprint density at radius 2 is 1.86 bits per heavy atom. The molecule has 1 amide bonds. The first-order chi connectivity index (χ1) is 16.9. The summed E-state index contributed by atoms with van der Waals surface area (Å²) in [4.78, 5) is 13.5. The number of benzene rings is 2. The van der Waals surface area contributed by atoms with Gasteiger partial charge in [-0.1, -0.05) is 48.7 Å². The van der Waals surface area contributed by atoms with Gasteiger partial charge in [0.1, 0.15) is 11.8 Å². The Morgan fingerprint density at radius 3 is 2.57 bits per heavy atom. The molecule has 1 N–H and O–H groups in total. The van der Waals surface area contributed by atoms with Crippen molar-refractivity contribution in [3.8, 4) is 0 Å². The van der Waals surface area contributed by atoms with Crippen molar-refractivity contribution in [2.24, 2.45) is 5.10 Å².